The second-order valence-corrected chi connectivity index (χ2v) is 11.1. The Kier molecular flexibility index (Phi) is 6.68. The fourth-order valence-corrected chi connectivity index (χ4v) is 8.09. The van der Waals surface area contributed by atoms with Gasteiger partial charge in [0.1, 0.15) is 6.61 Å². The topological polar surface area (TPSA) is 110 Å². The van der Waals surface area contributed by atoms with Gasteiger partial charge in [-0.3, -0.25) is 14.4 Å². The lowest BCUT2D eigenvalue weighted by Crippen LogP contribution is -2.63. The minimum absolute atomic E-state index is 0.0136. The van der Waals surface area contributed by atoms with Crippen molar-refractivity contribution >= 4 is 17.5 Å². The van der Waals surface area contributed by atoms with E-state index in [9.17, 15) is 24.6 Å². The van der Waals surface area contributed by atoms with Crippen LogP contribution in [0.3, 0.4) is 0 Å². The molecule has 8 atom stereocenters. The molecular formula is C27H38O7. The minimum Gasteiger partial charge on any atom is -0.450 e. The van der Waals surface area contributed by atoms with Crippen LogP contribution in [0.2, 0.25) is 0 Å². The predicted octanol–water partition coefficient (Wildman–Crippen LogP) is 2.78. The first-order valence-electron chi connectivity index (χ1n) is 12.6. The number of allylic oxidation sites excluding steroid dienone is 4. The largest absolute Gasteiger partial charge is 0.450 e. The van der Waals surface area contributed by atoms with Gasteiger partial charge in [-0.15, -0.1) is 0 Å². The number of aliphatic hydroxyl groups excluding tert-OH is 2. The summed E-state index contributed by atoms with van der Waals surface area (Å²) in [7, 11) is 0. The molecule has 188 valence electrons. The van der Waals surface area contributed by atoms with Crippen LogP contribution in [0.5, 0.6) is 0 Å². The van der Waals surface area contributed by atoms with Crippen molar-refractivity contribution in [1.29, 1.82) is 0 Å². The highest BCUT2D eigenvalue weighted by Crippen LogP contribution is 2.68. The monoisotopic (exact) mass is 474 g/mol. The maximum absolute atomic E-state index is 13.2. The molecule has 0 heterocycles. The number of hydrogen-bond acceptors (Lipinski definition) is 7. The average Bonchev–Trinajstić information content (AvgIpc) is 3.07. The number of aliphatic hydroxyl groups is 2. The van der Waals surface area contributed by atoms with Gasteiger partial charge in [0, 0.05) is 23.4 Å². The first kappa shape index (κ1) is 25.3. The number of carbonyl (C=O) groups is 3. The van der Waals surface area contributed by atoms with Gasteiger partial charge in [-0.2, -0.15) is 0 Å². The SMILES string of the molecule is CCOCCC(=O)O[C@]1(C(=O)CO)CC[C@H]2[C@@H]3CC(C)C4=CC(=O)C=C[C@]4(C)[C@H]3C(O)C[C@@]21C. The van der Waals surface area contributed by atoms with Gasteiger partial charge < -0.3 is 19.7 Å². The Bertz CT molecular complexity index is 922. The van der Waals surface area contributed by atoms with Crippen LogP contribution >= 0.6 is 0 Å². The zero-order valence-corrected chi connectivity index (χ0v) is 20.7. The van der Waals surface area contributed by atoms with Gasteiger partial charge >= 0.3 is 5.97 Å². The summed E-state index contributed by atoms with van der Waals surface area (Å²) >= 11 is 0. The molecular weight excluding hydrogens is 436 g/mol. The molecule has 7 heteroatoms. The Morgan fingerprint density at radius 1 is 1.26 bits per heavy atom. The molecule has 3 saturated carbocycles. The van der Waals surface area contributed by atoms with Crippen LogP contribution in [0.25, 0.3) is 0 Å². The van der Waals surface area contributed by atoms with E-state index in [2.05, 4.69) is 13.8 Å². The number of carbonyl (C=O) groups excluding carboxylic acids is 3. The van der Waals surface area contributed by atoms with Gasteiger partial charge in [0.05, 0.1) is 19.1 Å². The number of ketones is 2. The number of esters is 1. The van der Waals surface area contributed by atoms with E-state index in [0.717, 1.165) is 12.0 Å². The quantitative estimate of drug-likeness (QED) is 0.431. The van der Waals surface area contributed by atoms with E-state index >= 15 is 0 Å². The second kappa shape index (κ2) is 8.99. The van der Waals surface area contributed by atoms with Gasteiger partial charge in [-0.25, -0.2) is 0 Å². The van der Waals surface area contributed by atoms with Gasteiger partial charge in [-0.05, 0) is 62.5 Å². The lowest BCUT2D eigenvalue weighted by atomic mass is 9.44. The lowest BCUT2D eigenvalue weighted by molar-refractivity contribution is -0.201. The molecule has 0 aromatic heterocycles. The summed E-state index contributed by atoms with van der Waals surface area (Å²) in [6, 6.07) is 0. The van der Waals surface area contributed by atoms with Crippen LogP contribution in [0.4, 0.5) is 0 Å². The zero-order valence-electron chi connectivity index (χ0n) is 20.7. The molecule has 0 aromatic rings. The molecule has 0 aliphatic heterocycles. The van der Waals surface area contributed by atoms with Crippen LogP contribution < -0.4 is 0 Å². The Morgan fingerprint density at radius 2 is 2.00 bits per heavy atom. The summed E-state index contributed by atoms with van der Waals surface area (Å²) in [5.41, 5.74) is -1.61. The third-order valence-corrected chi connectivity index (χ3v) is 9.47. The van der Waals surface area contributed by atoms with Crippen LogP contribution in [-0.4, -0.2) is 59.3 Å². The number of Topliss-reactive ketones (excluding diaryl/α,β-unsaturated/α-hetero) is 1. The van der Waals surface area contributed by atoms with Crippen LogP contribution in [-0.2, 0) is 23.9 Å². The smallest absolute Gasteiger partial charge is 0.309 e. The summed E-state index contributed by atoms with van der Waals surface area (Å²) in [4.78, 5) is 38.1. The van der Waals surface area contributed by atoms with Crippen molar-refractivity contribution in [2.45, 2.75) is 71.5 Å². The van der Waals surface area contributed by atoms with E-state index in [1.165, 1.54) is 0 Å². The highest BCUT2D eigenvalue weighted by Gasteiger charge is 2.70. The minimum atomic E-state index is -1.46. The molecule has 34 heavy (non-hydrogen) atoms. The number of fused-ring (bicyclic) bond motifs is 5. The molecule has 0 aromatic carbocycles. The fraction of sp³-hybridized carbons (Fsp3) is 0.741. The molecule has 0 spiro atoms. The maximum Gasteiger partial charge on any atom is 0.309 e. The standard InChI is InChI=1S/C27H38O7/c1-5-33-11-8-23(32)34-27(22(31)15-28)10-7-19-18-12-16(2)20-13-17(29)6-9-25(20,3)24(18)21(30)14-26(19,27)4/h6,9,13,16,18-19,21,24,28,30H,5,7-8,10-12,14-15H2,1-4H3/t16?,18-,19-,21?,24+,25-,26-,27-/m0/s1. The van der Waals surface area contributed by atoms with Crippen molar-refractivity contribution in [3.05, 3.63) is 23.8 Å². The number of ether oxygens (including phenoxy) is 2. The maximum atomic E-state index is 13.2. The van der Waals surface area contributed by atoms with Crippen LogP contribution in [0, 0.1) is 34.5 Å². The summed E-state index contributed by atoms with van der Waals surface area (Å²) < 4.78 is 11.2. The molecule has 4 rings (SSSR count). The van der Waals surface area contributed by atoms with Gasteiger partial charge in [0.15, 0.2) is 11.4 Å². The van der Waals surface area contributed by atoms with Crippen molar-refractivity contribution < 1.29 is 34.1 Å². The fourth-order valence-electron chi connectivity index (χ4n) is 8.09. The Labute approximate surface area is 201 Å². The van der Waals surface area contributed by atoms with E-state index in [4.69, 9.17) is 9.47 Å². The van der Waals surface area contributed by atoms with Gasteiger partial charge in [-0.1, -0.05) is 32.4 Å². The number of hydrogen-bond donors (Lipinski definition) is 2. The summed E-state index contributed by atoms with van der Waals surface area (Å²) in [5, 5.41) is 21.5. The van der Waals surface area contributed by atoms with Crippen LogP contribution in [0.1, 0.15) is 59.8 Å². The predicted molar refractivity (Wildman–Crippen MR) is 125 cm³/mol. The number of rotatable bonds is 7. The van der Waals surface area contributed by atoms with Crippen LogP contribution in [0.15, 0.2) is 23.8 Å². The Balaban J connectivity index is 1.70. The van der Waals surface area contributed by atoms with Gasteiger partial charge in [0.2, 0.25) is 5.78 Å². The van der Waals surface area contributed by atoms with Crippen molar-refractivity contribution in [3.8, 4) is 0 Å². The summed E-state index contributed by atoms with van der Waals surface area (Å²) in [6.07, 6.45) is 6.70. The lowest BCUT2D eigenvalue weighted by Gasteiger charge is -2.61. The highest BCUT2D eigenvalue weighted by molar-refractivity contribution is 6.01. The third kappa shape index (κ3) is 3.62. The van der Waals surface area contributed by atoms with Crippen molar-refractivity contribution in [3.63, 3.8) is 0 Å². The van der Waals surface area contributed by atoms with Gasteiger partial charge in [0.25, 0.3) is 0 Å². The molecule has 0 bridgehead atoms. The zero-order chi connectivity index (χ0) is 24.9. The van der Waals surface area contributed by atoms with E-state index in [1.54, 1.807) is 12.2 Å². The average molecular weight is 475 g/mol. The molecule has 4 aliphatic rings. The molecule has 0 radical (unpaired) electrons. The Hall–Kier alpha value is -1.83. The molecule has 3 fully saturated rings. The molecule has 2 unspecified atom stereocenters. The highest BCUT2D eigenvalue weighted by atomic mass is 16.6. The Morgan fingerprint density at radius 3 is 2.68 bits per heavy atom. The molecule has 0 saturated heterocycles. The van der Waals surface area contributed by atoms with Crippen molar-refractivity contribution in [1.82, 2.24) is 0 Å². The van der Waals surface area contributed by atoms with E-state index in [-0.39, 0.29) is 42.5 Å². The molecule has 2 N–H and O–H groups in total. The van der Waals surface area contributed by atoms with E-state index in [0.29, 0.717) is 25.9 Å². The third-order valence-electron chi connectivity index (χ3n) is 9.47. The second-order valence-electron chi connectivity index (χ2n) is 11.1. The summed E-state index contributed by atoms with van der Waals surface area (Å²) in [6.45, 7) is 8.01. The molecule has 7 nitrogen and oxygen atoms in total. The van der Waals surface area contributed by atoms with Crippen molar-refractivity contribution in [2.75, 3.05) is 19.8 Å². The first-order chi connectivity index (χ1) is 16.0. The van der Waals surface area contributed by atoms with E-state index < -0.39 is 40.9 Å². The normalized spacial score (nSPS) is 42.9. The summed E-state index contributed by atoms with van der Waals surface area (Å²) in [5.74, 6) is -0.816. The molecule has 0 amide bonds. The first-order valence-corrected chi connectivity index (χ1v) is 12.6. The molecule has 4 aliphatic carbocycles. The van der Waals surface area contributed by atoms with E-state index in [1.807, 2.05) is 19.9 Å². The van der Waals surface area contributed by atoms with Crippen molar-refractivity contribution in [2.24, 2.45) is 34.5 Å².